The summed E-state index contributed by atoms with van der Waals surface area (Å²) >= 11 is 3.40. The lowest BCUT2D eigenvalue weighted by molar-refractivity contribution is -0.140. The topological polar surface area (TPSA) is 26.3 Å². The van der Waals surface area contributed by atoms with E-state index in [1.807, 2.05) is 0 Å². The summed E-state index contributed by atoms with van der Waals surface area (Å²) in [6, 6.07) is 8.40. The van der Waals surface area contributed by atoms with Crippen molar-refractivity contribution in [3.63, 3.8) is 0 Å². The van der Waals surface area contributed by atoms with Gasteiger partial charge in [0.05, 0.1) is 6.61 Å². The first-order valence-corrected chi connectivity index (χ1v) is 6.11. The largest absolute Gasteiger partial charge is 0.466 e. The molecule has 0 saturated heterocycles. The fourth-order valence-corrected chi connectivity index (χ4v) is 1.75. The molecule has 0 bridgehead atoms. The van der Waals surface area contributed by atoms with Crippen molar-refractivity contribution in [2.75, 3.05) is 11.9 Å². The highest BCUT2D eigenvalue weighted by molar-refractivity contribution is 9.09. The average molecular weight is 271 g/mol. The van der Waals surface area contributed by atoms with Crippen LogP contribution in [0.3, 0.4) is 0 Å². The number of alkyl halides is 1. The third kappa shape index (κ3) is 4.98. The first-order valence-electron chi connectivity index (χ1n) is 4.99. The number of aryl methyl sites for hydroxylation is 1. The minimum Gasteiger partial charge on any atom is -0.466 e. The summed E-state index contributed by atoms with van der Waals surface area (Å²) in [4.78, 5) is 10.5. The van der Waals surface area contributed by atoms with Gasteiger partial charge in [-0.2, -0.15) is 0 Å². The second-order valence-corrected chi connectivity index (χ2v) is 4.14. The molecule has 0 fully saturated rings. The zero-order chi connectivity index (χ0) is 11.1. The highest BCUT2D eigenvalue weighted by atomic mass is 79.9. The van der Waals surface area contributed by atoms with E-state index in [0.29, 0.717) is 6.61 Å². The fraction of sp³-hybridized carbons (Fsp3) is 0.417. The summed E-state index contributed by atoms with van der Waals surface area (Å²) in [5, 5.41) is 0.986. The molecule has 0 heterocycles. The maximum Gasteiger partial charge on any atom is 0.302 e. The van der Waals surface area contributed by atoms with Crippen molar-refractivity contribution in [2.24, 2.45) is 0 Å². The lowest BCUT2D eigenvalue weighted by atomic mass is 10.1. The van der Waals surface area contributed by atoms with Crippen molar-refractivity contribution in [3.05, 3.63) is 35.4 Å². The van der Waals surface area contributed by atoms with E-state index in [2.05, 4.69) is 40.2 Å². The quantitative estimate of drug-likeness (QED) is 0.608. The lowest BCUT2D eigenvalue weighted by Crippen LogP contribution is -2.03. The van der Waals surface area contributed by atoms with Gasteiger partial charge in [0.25, 0.3) is 0 Å². The fourth-order valence-electron chi connectivity index (χ4n) is 1.29. The number of carbonyl (C=O) groups excluding carboxylic acids is 1. The molecule has 1 rings (SSSR count). The van der Waals surface area contributed by atoms with Crippen molar-refractivity contribution >= 4 is 21.9 Å². The summed E-state index contributed by atoms with van der Waals surface area (Å²) in [6.07, 6.45) is 1.83. The zero-order valence-corrected chi connectivity index (χ0v) is 10.4. The van der Waals surface area contributed by atoms with Crippen LogP contribution in [-0.2, 0) is 22.4 Å². The molecule has 0 aromatic heterocycles. The van der Waals surface area contributed by atoms with E-state index in [-0.39, 0.29) is 5.97 Å². The average Bonchev–Trinajstić information content (AvgIpc) is 2.20. The van der Waals surface area contributed by atoms with Crippen LogP contribution in [0, 0.1) is 0 Å². The molecule has 15 heavy (non-hydrogen) atoms. The van der Waals surface area contributed by atoms with Gasteiger partial charge in [-0.05, 0) is 17.5 Å². The Morgan fingerprint density at radius 2 is 1.73 bits per heavy atom. The summed E-state index contributed by atoms with van der Waals surface area (Å²) < 4.78 is 4.88. The Morgan fingerprint density at radius 3 is 2.20 bits per heavy atom. The molecule has 2 nitrogen and oxygen atoms in total. The molecule has 0 aliphatic heterocycles. The molecule has 0 aliphatic carbocycles. The summed E-state index contributed by atoms with van der Waals surface area (Å²) in [5.74, 6) is -0.217. The Hall–Kier alpha value is -0.830. The number of rotatable bonds is 5. The second-order valence-electron chi connectivity index (χ2n) is 3.35. The number of halogens is 1. The summed E-state index contributed by atoms with van der Waals surface area (Å²) in [5.41, 5.74) is 2.53. The third-order valence-corrected chi connectivity index (χ3v) is 2.50. The normalized spacial score (nSPS) is 10.0. The van der Waals surface area contributed by atoms with Crippen molar-refractivity contribution in [1.82, 2.24) is 0 Å². The number of carbonyl (C=O) groups is 1. The summed E-state index contributed by atoms with van der Waals surface area (Å²) in [6.45, 7) is 1.90. The minimum absolute atomic E-state index is 0.217. The number of esters is 1. The number of benzene rings is 1. The molecule has 0 atom stereocenters. The van der Waals surface area contributed by atoms with Crippen LogP contribution in [0.2, 0.25) is 0 Å². The van der Waals surface area contributed by atoms with Gasteiger partial charge >= 0.3 is 5.97 Å². The minimum atomic E-state index is -0.217. The van der Waals surface area contributed by atoms with Crippen LogP contribution >= 0.6 is 15.9 Å². The second kappa shape index (κ2) is 6.62. The Labute approximate surface area is 98.8 Å². The first kappa shape index (κ1) is 12.2. The van der Waals surface area contributed by atoms with Gasteiger partial charge in [-0.3, -0.25) is 4.79 Å². The van der Waals surface area contributed by atoms with Crippen molar-refractivity contribution < 1.29 is 9.53 Å². The first-order chi connectivity index (χ1) is 7.22. The monoisotopic (exact) mass is 270 g/mol. The van der Waals surface area contributed by atoms with Crippen LogP contribution in [0.5, 0.6) is 0 Å². The molecular formula is C12H15BrO2. The van der Waals surface area contributed by atoms with Crippen LogP contribution in [0.1, 0.15) is 18.1 Å². The molecular weight excluding hydrogens is 256 g/mol. The smallest absolute Gasteiger partial charge is 0.302 e. The van der Waals surface area contributed by atoms with E-state index in [9.17, 15) is 4.79 Å². The molecule has 0 amide bonds. The Balaban J connectivity index is 2.39. The van der Waals surface area contributed by atoms with Gasteiger partial charge in [-0.1, -0.05) is 40.2 Å². The number of hydrogen-bond acceptors (Lipinski definition) is 2. The van der Waals surface area contributed by atoms with Gasteiger partial charge in [0.1, 0.15) is 0 Å². The highest BCUT2D eigenvalue weighted by Crippen LogP contribution is 2.07. The Kier molecular flexibility index (Phi) is 5.40. The van der Waals surface area contributed by atoms with E-state index in [1.54, 1.807) is 0 Å². The van der Waals surface area contributed by atoms with Gasteiger partial charge in [0.2, 0.25) is 0 Å². The predicted octanol–water partition coefficient (Wildman–Crippen LogP) is 2.73. The van der Waals surface area contributed by atoms with Gasteiger partial charge in [0, 0.05) is 18.7 Å². The molecule has 3 heteroatoms. The standard InChI is InChI=1S/C12H15BrO2/c1-10(14)15-9-7-12-4-2-11(3-5-12)6-8-13/h2-5H,6-9H2,1H3. The molecule has 0 N–H and O–H groups in total. The van der Waals surface area contributed by atoms with Crippen LogP contribution in [0.15, 0.2) is 24.3 Å². The predicted molar refractivity (Wildman–Crippen MR) is 64.3 cm³/mol. The van der Waals surface area contributed by atoms with Gasteiger partial charge in [-0.15, -0.1) is 0 Å². The summed E-state index contributed by atoms with van der Waals surface area (Å²) in [7, 11) is 0. The van der Waals surface area contributed by atoms with E-state index in [4.69, 9.17) is 4.74 Å². The zero-order valence-electron chi connectivity index (χ0n) is 8.83. The van der Waals surface area contributed by atoms with E-state index in [0.717, 1.165) is 18.2 Å². The SMILES string of the molecule is CC(=O)OCCc1ccc(CCBr)cc1. The molecule has 0 spiro atoms. The van der Waals surface area contributed by atoms with Crippen LogP contribution in [0.25, 0.3) is 0 Å². The molecule has 0 saturated carbocycles. The number of hydrogen-bond donors (Lipinski definition) is 0. The Morgan fingerprint density at radius 1 is 1.20 bits per heavy atom. The van der Waals surface area contributed by atoms with Gasteiger partial charge in [-0.25, -0.2) is 0 Å². The van der Waals surface area contributed by atoms with Crippen LogP contribution in [0.4, 0.5) is 0 Å². The maximum atomic E-state index is 10.5. The van der Waals surface area contributed by atoms with Gasteiger partial charge < -0.3 is 4.74 Å². The molecule has 1 aromatic rings. The molecule has 0 radical (unpaired) electrons. The maximum absolute atomic E-state index is 10.5. The molecule has 1 aromatic carbocycles. The van der Waals surface area contributed by atoms with Gasteiger partial charge in [0.15, 0.2) is 0 Å². The van der Waals surface area contributed by atoms with E-state index in [1.165, 1.54) is 18.1 Å². The van der Waals surface area contributed by atoms with E-state index < -0.39 is 0 Å². The van der Waals surface area contributed by atoms with E-state index >= 15 is 0 Å². The molecule has 82 valence electrons. The van der Waals surface area contributed by atoms with Crippen LogP contribution in [-0.4, -0.2) is 17.9 Å². The lowest BCUT2D eigenvalue weighted by Gasteiger charge is -2.03. The van der Waals surface area contributed by atoms with Crippen molar-refractivity contribution in [3.8, 4) is 0 Å². The van der Waals surface area contributed by atoms with Crippen molar-refractivity contribution in [2.45, 2.75) is 19.8 Å². The molecule has 0 unspecified atom stereocenters. The highest BCUT2D eigenvalue weighted by Gasteiger charge is 1.96. The Bertz CT molecular complexity index is 306. The van der Waals surface area contributed by atoms with Crippen LogP contribution < -0.4 is 0 Å². The van der Waals surface area contributed by atoms with Crippen molar-refractivity contribution in [1.29, 1.82) is 0 Å². The number of ether oxygens (including phenoxy) is 1. The third-order valence-electron chi connectivity index (χ3n) is 2.10. The molecule has 0 aliphatic rings.